The van der Waals surface area contributed by atoms with Crippen LogP contribution >= 0.6 is 12.4 Å². The zero-order valence-electron chi connectivity index (χ0n) is 8.74. The lowest BCUT2D eigenvalue weighted by molar-refractivity contribution is 0.205. The van der Waals surface area contributed by atoms with E-state index in [1.165, 1.54) is 5.56 Å². The highest BCUT2D eigenvalue weighted by Gasteiger charge is 1.99. The average Bonchev–Trinajstić information content (AvgIpc) is 2.18. The number of aliphatic hydroxyl groups excluding tert-OH is 1. The number of benzene rings is 1. The molecule has 1 aromatic rings. The summed E-state index contributed by atoms with van der Waals surface area (Å²) in [6.45, 7) is 0.0505. The van der Waals surface area contributed by atoms with E-state index in [0.717, 1.165) is 6.42 Å². The zero-order valence-corrected chi connectivity index (χ0v) is 9.56. The van der Waals surface area contributed by atoms with E-state index in [-0.39, 0.29) is 25.1 Å². The fourth-order valence-corrected chi connectivity index (χ4v) is 0.981. The molecule has 6 heteroatoms. The van der Waals surface area contributed by atoms with Crippen LogP contribution in [-0.4, -0.2) is 29.0 Å². The van der Waals surface area contributed by atoms with Crippen LogP contribution in [0.25, 0.3) is 0 Å². The maximum Gasteiger partial charge on any atom is 0.402 e. The summed E-state index contributed by atoms with van der Waals surface area (Å²) in [5.74, 6) is 0. The Morgan fingerprint density at radius 1 is 1.31 bits per heavy atom. The molecule has 1 aromatic carbocycles. The van der Waals surface area contributed by atoms with Crippen molar-refractivity contribution in [2.75, 3.05) is 6.61 Å². The molecule has 0 heterocycles. The molecule has 0 aliphatic carbocycles. The third kappa shape index (κ3) is 10.8. The molecule has 0 aliphatic rings. The van der Waals surface area contributed by atoms with Crippen molar-refractivity contribution in [1.82, 2.24) is 0 Å². The minimum absolute atomic E-state index is 0. The third-order valence-electron chi connectivity index (χ3n) is 1.58. The summed E-state index contributed by atoms with van der Waals surface area (Å²) >= 11 is 0. The molecule has 0 saturated carbocycles. The number of hydrogen-bond donors (Lipinski definition) is 4. The number of primary amides is 1. The number of halogens is 1. The number of carbonyl (C=O) groups is 1. The van der Waals surface area contributed by atoms with Crippen molar-refractivity contribution >= 4 is 18.5 Å². The molecule has 6 N–H and O–H groups in total. The van der Waals surface area contributed by atoms with Gasteiger partial charge in [0.2, 0.25) is 0 Å². The molecule has 0 aromatic heterocycles. The first-order valence-corrected chi connectivity index (χ1v) is 4.45. The summed E-state index contributed by atoms with van der Waals surface area (Å²) in [5, 5.41) is 15.9. The molecule has 0 spiro atoms. The van der Waals surface area contributed by atoms with Gasteiger partial charge < -0.3 is 21.7 Å². The second-order valence-electron chi connectivity index (χ2n) is 2.97. The largest absolute Gasteiger partial charge is 0.465 e. The van der Waals surface area contributed by atoms with Gasteiger partial charge in [0, 0.05) is 6.04 Å². The van der Waals surface area contributed by atoms with Crippen molar-refractivity contribution in [2.45, 2.75) is 12.5 Å². The number of carboxylic acid groups (broad SMARTS) is 1. The molecule has 0 aliphatic heterocycles. The molecule has 16 heavy (non-hydrogen) atoms. The Labute approximate surface area is 100 Å². The molecule has 5 nitrogen and oxygen atoms in total. The molecular formula is C10H17ClN2O3. The topological polar surface area (TPSA) is 110 Å². The van der Waals surface area contributed by atoms with Gasteiger partial charge in [-0.05, 0) is 12.0 Å². The summed E-state index contributed by atoms with van der Waals surface area (Å²) < 4.78 is 0. The van der Waals surface area contributed by atoms with E-state index in [2.05, 4.69) is 5.73 Å². The van der Waals surface area contributed by atoms with Gasteiger partial charge in [0.1, 0.15) is 0 Å². The Kier molecular flexibility index (Phi) is 10.9. The standard InChI is InChI=1S/C9H13NO.CH3NO2.ClH/c10-9(7-11)6-8-4-2-1-3-5-8;2-1(3)4;/h1-5,9,11H,6-7,10H2;2H2,(H,3,4);1H/t9-;;/m1../s1. The molecule has 1 rings (SSSR count). The van der Waals surface area contributed by atoms with Gasteiger partial charge in [0.15, 0.2) is 0 Å². The molecule has 0 radical (unpaired) electrons. The Hall–Kier alpha value is -1.30. The molecule has 0 fully saturated rings. The summed E-state index contributed by atoms with van der Waals surface area (Å²) in [5.41, 5.74) is 10.8. The fraction of sp³-hybridized carbons (Fsp3) is 0.300. The van der Waals surface area contributed by atoms with Crippen molar-refractivity contribution in [3.63, 3.8) is 0 Å². The lowest BCUT2D eigenvalue weighted by atomic mass is 10.1. The second kappa shape index (κ2) is 10.2. The van der Waals surface area contributed by atoms with Crippen LogP contribution in [0, 0.1) is 0 Å². The van der Waals surface area contributed by atoms with Crippen LogP contribution < -0.4 is 11.5 Å². The highest BCUT2D eigenvalue weighted by Crippen LogP contribution is 2.00. The number of rotatable bonds is 3. The van der Waals surface area contributed by atoms with Crippen LogP contribution in [0.4, 0.5) is 4.79 Å². The van der Waals surface area contributed by atoms with Gasteiger partial charge in [0.25, 0.3) is 0 Å². The summed E-state index contributed by atoms with van der Waals surface area (Å²) in [6.07, 6.45) is -0.586. The van der Waals surface area contributed by atoms with Crippen LogP contribution in [0.15, 0.2) is 30.3 Å². The Bertz CT molecular complexity index is 279. The Morgan fingerprint density at radius 2 is 1.75 bits per heavy atom. The van der Waals surface area contributed by atoms with Gasteiger partial charge in [0.05, 0.1) is 6.61 Å². The van der Waals surface area contributed by atoms with Gasteiger partial charge in [-0.2, -0.15) is 0 Å². The predicted octanol–water partition coefficient (Wildman–Crippen LogP) is 0.594. The van der Waals surface area contributed by atoms with Crippen molar-refractivity contribution in [3.05, 3.63) is 35.9 Å². The molecule has 1 atom stereocenters. The molecule has 0 unspecified atom stereocenters. The van der Waals surface area contributed by atoms with Crippen molar-refractivity contribution in [2.24, 2.45) is 11.5 Å². The smallest absolute Gasteiger partial charge is 0.402 e. The summed E-state index contributed by atoms with van der Waals surface area (Å²) in [7, 11) is 0. The maximum absolute atomic E-state index is 8.78. The van der Waals surface area contributed by atoms with E-state index < -0.39 is 6.09 Å². The summed E-state index contributed by atoms with van der Waals surface area (Å²) in [4.78, 5) is 8.78. The molecule has 92 valence electrons. The minimum Gasteiger partial charge on any atom is -0.465 e. The van der Waals surface area contributed by atoms with Crippen LogP contribution in [0.5, 0.6) is 0 Å². The van der Waals surface area contributed by atoms with Crippen LogP contribution in [0.3, 0.4) is 0 Å². The quantitative estimate of drug-likeness (QED) is 0.628. The number of hydrogen-bond acceptors (Lipinski definition) is 3. The first kappa shape index (κ1) is 17.1. The normalized spacial score (nSPS) is 10.4. The number of nitrogens with two attached hydrogens (primary N) is 2. The molecule has 0 bridgehead atoms. The Morgan fingerprint density at radius 3 is 2.12 bits per heavy atom. The van der Waals surface area contributed by atoms with E-state index >= 15 is 0 Å². The number of amides is 1. The van der Waals surface area contributed by atoms with Crippen LogP contribution in [-0.2, 0) is 6.42 Å². The van der Waals surface area contributed by atoms with Crippen molar-refractivity contribution in [3.8, 4) is 0 Å². The van der Waals surface area contributed by atoms with E-state index in [4.69, 9.17) is 20.7 Å². The van der Waals surface area contributed by atoms with Crippen LogP contribution in [0.1, 0.15) is 5.56 Å². The minimum atomic E-state index is -1.33. The van der Waals surface area contributed by atoms with Crippen LogP contribution in [0.2, 0.25) is 0 Å². The van der Waals surface area contributed by atoms with E-state index in [9.17, 15) is 0 Å². The first-order chi connectivity index (χ1) is 7.06. The first-order valence-electron chi connectivity index (χ1n) is 4.45. The van der Waals surface area contributed by atoms with Gasteiger partial charge in [-0.1, -0.05) is 30.3 Å². The lowest BCUT2D eigenvalue weighted by Crippen LogP contribution is -2.26. The zero-order chi connectivity index (χ0) is 11.7. The monoisotopic (exact) mass is 248 g/mol. The van der Waals surface area contributed by atoms with Gasteiger partial charge in [-0.25, -0.2) is 4.79 Å². The maximum atomic E-state index is 8.78. The van der Waals surface area contributed by atoms with E-state index in [1.54, 1.807) is 0 Å². The number of aliphatic hydroxyl groups is 1. The lowest BCUT2D eigenvalue weighted by Gasteiger charge is -2.06. The van der Waals surface area contributed by atoms with Crippen molar-refractivity contribution in [1.29, 1.82) is 0 Å². The summed E-state index contributed by atoms with van der Waals surface area (Å²) in [6, 6.07) is 9.80. The van der Waals surface area contributed by atoms with E-state index in [0.29, 0.717) is 0 Å². The van der Waals surface area contributed by atoms with Gasteiger partial charge in [-0.15, -0.1) is 12.4 Å². The molecule has 0 saturated heterocycles. The van der Waals surface area contributed by atoms with E-state index in [1.807, 2.05) is 30.3 Å². The fourth-order valence-electron chi connectivity index (χ4n) is 0.981. The highest BCUT2D eigenvalue weighted by molar-refractivity contribution is 5.85. The SMILES string of the molecule is Cl.NC(=O)O.N[C@@H](CO)Cc1ccccc1. The molecular weight excluding hydrogens is 232 g/mol. The highest BCUT2D eigenvalue weighted by atomic mass is 35.5. The molecule has 1 amide bonds. The predicted molar refractivity (Wildman–Crippen MR) is 64.7 cm³/mol. The average molecular weight is 249 g/mol. The third-order valence-corrected chi connectivity index (χ3v) is 1.58. The Balaban J connectivity index is 0. The second-order valence-corrected chi connectivity index (χ2v) is 2.97. The van der Waals surface area contributed by atoms with Gasteiger partial charge >= 0.3 is 6.09 Å². The van der Waals surface area contributed by atoms with Crippen molar-refractivity contribution < 1.29 is 15.0 Å². The van der Waals surface area contributed by atoms with Gasteiger partial charge in [-0.3, -0.25) is 0 Å².